The molecule has 0 spiro atoms. The van der Waals surface area contributed by atoms with Crippen molar-refractivity contribution in [1.29, 1.82) is 0 Å². The van der Waals surface area contributed by atoms with Crippen LogP contribution in [-0.2, 0) is 9.47 Å². The Morgan fingerprint density at radius 3 is 1.80 bits per heavy atom. The fourth-order valence-corrected chi connectivity index (χ4v) is 1.34. The lowest BCUT2D eigenvalue weighted by atomic mass is 10.1. The van der Waals surface area contributed by atoms with Crippen LogP contribution in [0.1, 0.15) is 61.3 Å². The highest BCUT2D eigenvalue weighted by atomic mass is 16.6. The average molecular weight is 216 g/mol. The standard InChI is InChI=1S/C13H28O2/c1-8-9-11(15-13(5,6)7)10-14-12(2,3)4/h11H,8-10H2,1-7H3. The van der Waals surface area contributed by atoms with Crippen LogP contribution < -0.4 is 0 Å². The second-order valence-corrected chi connectivity index (χ2v) is 6.06. The second-order valence-electron chi connectivity index (χ2n) is 6.06. The summed E-state index contributed by atoms with van der Waals surface area (Å²) in [5, 5.41) is 0. The fourth-order valence-electron chi connectivity index (χ4n) is 1.34. The molecule has 0 heterocycles. The Kier molecular flexibility index (Phi) is 5.82. The third-order valence-corrected chi connectivity index (χ3v) is 1.83. The first kappa shape index (κ1) is 14.9. The van der Waals surface area contributed by atoms with Crippen LogP contribution >= 0.6 is 0 Å². The van der Waals surface area contributed by atoms with Crippen LogP contribution in [0, 0.1) is 0 Å². The van der Waals surface area contributed by atoms with E-state index in [-0.39, 0.29) is 17.3 Å². The number of ether oxygens (including phenoxy) is 2. The molecule has 1 unspecified atom stereocenters. The molecule has 2 nitrogen and oxygen atoms in total. The van der Waals surface area contributed by atoms with Crippen molar-refractivity contribution in [3.63, 3.8) is 0 Å². The monoisotopic (exact) mass is 216 g/mol. The highest BCUT2D eigenvalue weighted by molar-refractivity contribution is 4.68. The molecular weight excluding hydrogens is 188 g/mol. The molecule has 0 aromatic carbocycles. The third-order valence-electron chi connectivity index (χ3n) is 1.83. The van der Waals surface area contributed by atoms with Gasteiger partial charge >= 0.3 is 0 Å². The molecule has 0 radical (unpaired) electrons. The van der Waals surface area contributed by atoms with E-state index in [2.05, 4.69) is 48.5 Å². The molecule has 0 aromatic rings. The molecule has 0 saturated carbocycles. The smallest absolute Gasteiger partial charge is 0.0815 e. The van der Waals surface area contributed by atoms with Crippen molar-refractivity contribution in [2.75, 3.05) is 6.61 Å². The summed E-state index contributed by atoms with van der Waals surface area (Å²) in [6.45, 7) is 15.4. The maximum Gasteiger partial charge on any atom is 0.0815 e. The highest BCUT2D eigenvalue weighted by Gasteiger charge is 2.20. The summed E-state index contributed by atoms with van der Waals surface area (Å²) in [7, 11) is 0. The Morgan fingerprint density at radius 1 is 0.933 bits per heavy atom. The molecule has 15 heavy (non-hydrogen) atoms. The minimum Gasteiger partial charge on any atom is -0.373 e. The molecule has 92 valence electrons. The van der Waals surface area contributed by atoms with E-state index in [1.807, 2.05) is 0 Å². The van der Waals surface area contributed by atoms with Crippen LogP contribution in [0.15, 0.2) is 0 Å². The molecule has 1 atom stereocenters. The van der Waals surface area contributed by atoms with Gasteiger partial charge in [0.15, 0.2) is 0 Å². The van der Waals surface area contributed by atoms with Gasteiger partial charge in [0, 0.05) is 0 Å². The van der Waals surface area contributed by atoms with Crippen molar-refractivity contribution >= 4 is 0 Å². The van der Waals surface area contributed by atoms with Gasteiger partial charge in [0.2, 0.25) is 0 Å². The van der Waals surface area contributed by atoms with Gasteiger partial charge in [-0.2, -0.15) is 0 Å². The van der Waals surface area contributed by atoms with E-state index in [9.17, 15) is 0 Å². The van der Waals surface area contributed by atoms with E-state index >= 15 is 0 Å². The van der Waals surface area contributed by atoms with Gasteiger partial charge in [-0.15, -0.1) is 0 Å². The Labute approximate surface area is 95.3 Å². The van der Waals surface area contributed by atoms with E-state index in [0.29, 0.717) is 6.61 Å². The lowest BCUT2D eigenvalue weighted by Crippen LogP contribution is -2.33. The van der Waals surface area contributed by atoms with Gasteiger partial charge in [-0.25, -0.2) is 0 Å². The summed E-state index contributed by atoms with van der Waals surface area (Å²) >= 11 is 0. The first-order chi connectivity index (χ1) is 6.64. The van der Waals surface area contributed by atoms with E-state index in [1.54, 1.807) is 0 Å². The van der Waals surface area contributed by atoms with Crippen molar-refractivity contribution in [2.24, 2.45) is 0 Å². The molecule has 0 fully saturated rings. The van der Waals surface area contributed by atoms with E-state index < -0.39 is 0 Å². The zero-order valence-electron chi connectivity index (χ0n) is 11.5. The summed E-state index contributed by atoms with van der Waals surface area (Å²) in [5.41, 5.74) is -0.158. The van der Waals surface area contributed by atoms with Crippen molar-refractivity contribution in [1.82, 2.24) is 0 Å². The highest BCUT2D eigenvalue weighted by Crippen LogP contribution is 2.17. The van der Waals surface area contributed by atoms with Crippen LogP contribution in [0.3, 0.4) is 0 Å². The van der Waals surface area contributed by atoms with Crippen molar-refractivity contribution < 1.29 is 9.47 Å². The summed E-state index contributed by atoms with van der Waals surface area (Å²) in [5.74, 6) is 0. The maximum absolute atomic E-state index is 5.95. The van der Waals surface area contributed by atoms with Crippen LogP contribution in [0.25, 0.3) is 0 Å². The molecular formula is C13H28O2. The maximum atomic E-state index is 5.95. The van der Waals surface area contributed by atoms with Crippen LogP contribution in [-0.4, -0.2) is 23.9 Å². The molecule has 0 bridgehead atoms. The van der Waals surface area contributed by atoms with Crippen LogP contribution in [0.2, 0.25) is 0 Å². The SMILES string of the molecule is CCCC(COC(C)(C)C)OC(C)(C)C. The fraction of sp³-hybridized carbons (Fsp3) is 1.00. The zero-order valence-corrected chi connectivity index (χ0v) is 11.5. The van der Waals surface area contributed by atoms with Gasteiger partial charge in [0.25, 0.3) is 0 Å². The van der Waals surface area contributed by atoms with Crippen molar-refractivity contribution in [3.05, 3.63) is 0 Å². The van der Waals surface area contributed by atoms with Crippen molar-refractivity contribution in [2.45, 2.75) is 78.6 Å². The first-order valence-electron chi connectivity index (χ1n) is 5.96. The Bertz CT molecular complexity index is 162. The van der Waals surface area contributed by atoms with E-state index in [0.717, 1.165) is 12.8 Å². The lowest BCUT2D eigenvalue weighted by molar-refractivity contribution is -0.121. The molecule has 0 aromatic heterocycles. The minimum atomic E-state index is -0.0823. The molecule has 2 heteroatoms. The zero-order chi connectivity index (χ0) is 12.1. The average Bonchev–Trinajstić information content (AvgIpc) is 1.96. The molecule has 0 aliphatic heterocycles. The van der Waals surface area contributed by atoms with Gasteiger partial charge in [-0.1, -0.05) is 13.3 Å². The normalized spacial score (nSPS) is 15.4. The second kappa shape index (κ2) is 5.86. The molecule has 0 saturated heterocycles. The first-order valence-corrected chi connectivity index (χ1v) is 5.96. The van der Waals surface area contributed by atoms with Gasteiger partial charge < -0.3 is 9.47 Å². The van der Waals surface area contributed by atoms with Gasteiger partial charge in [0.05, 0.1) is 23.9 Å². The summed E-state index contributed by atoms with van der Waals surface area (Å²) in [6.07, 6.45) is 2.41. The Hall–Kier alpha value is -0.0800. The van der Waals surface area contributed by atoms with Gasteiger partial charge in [-0.3, -0.25) is 0 Å². The molecule has 0 N–H and O–H groups in total. The van der Waals surface area contributed by atoms with Crippen LogP contribution in [0.4, 0.5) is 0 Å². The van der Waals surface area contributed by atoms with E-state index in [4.69, 9.17) is 9.47 Å². The number of rotatable bonds is 5. The Balaban J connectivity index is 4.05. The predicted molar refractivity (Wildman–Crippen MR) is 65.2 cm³/mol. The minimum absolute atomic E-state index is 0.0762. The molecule has 0 aliphatic rings. The number of hydrogen-bond donors (Lipinski definition) is 0. The largest absolute Gasteiger partial charge is 0.373 e. The summed E-state index contributed by atoms with van der Waals surface area (Å²) in [6, 6.07) is 0. The van der Waals surface area contributed by atoms with Crippen molar-refractivity contribution in [3.8, 4) is 0 Å². The predicted octanol–water partition coefficient (Wildman–Crippen LogP) is 3.79. The molecule has 0 amide bonds. The van der Waals surface area contributed by atoms with Gasteiger partial charge in [0.1, 0.15) is 0 Å². The summed E-state index contributed by atoms with van der Waals surface area (Å²) in [4.78, 5) is 0. The third kappa shape index (κ3) is 10.2. The number of hydrogen-bond acceptors (Lipinski definition) is 2. The van der Waals surface area contributed by atoms with Gasteiger partial charge in [-0.05, 0) is 48.0 Å². The topological polar surface area (TPSA) is 18.5 Å². The lowest BCUT2D eigenvalue weighted by Gasteiger charge is -2.30. The Morgan fingerprint density at radius 2 is 1.47 bits per heavy atom. The van der Waals surface area contributed by atoms with Crippen LogP contribution in [0.5, 0.6) is 0 Å². The molecule has 0 aliphatic carbocycles. The quantitative estimate of drug-likeness (QED) is 0.696. The molecule has 0 rings (SSSR count). The summed E-state index contributed by atoms with van der Waals surface area (Å²) < 4.78 is 11.7. The van der Waals surface area contributed by atoms with E-state index in [1.165, 1.54) is 0 Å².